The summed E-state index contributed by atoms with van der Waals surface area (Å²) in [6.07, 6.45) is 3.13. The first kappa shape index (κ1) is 21.6. The number of nitrogens with zero attached hydrogens (tertiary/aromatic N) is 3. The zero-order chi connectivity index (χ0) is 22.3. The molecule has 0 bridgehead atoms. The van der Waals surface area contributed by atoms with Gasteiger partial charge in [0.1, 0.15) is 23.6 Å². The molecular formula is C25H28N4O3. The summed E-state index contributed by atoms with van der Waals surface area (Å²) in [7, 11) is 1.65. The topological polar surface area (TPSA) is 76.6 Å². The number of rotatable bonds is 7. The monoisotopic (exact) mass is 432 g/mol. The van der Waals surface area contributed by atoms with Gasteiger partial charge >= 0.3 is 0 Å². The molecule has 0 atom stereocenters. The number of benzene rings is 2. The number of hydrogen-bond acceptors (Lipinski definition) is 6. The normalized spacial score (nSPS) is 14.1. The minimum atomic E-state index is -0.0381. The summed E-state index contributed by atoms with van der Waals surface area (Å²) in [6, 6.07) is 17.4. The minimum absolute atomic E-state index is 0.0381. The van der Waals surface area contributed by atoms with Crippen molar-refractivity contribution in [2.24, 2.45) is 5.92 Å². The SMILES string of the molecule is CCOc1ccccc1NC(=O)C1CCN(c2cc(-c3ccc(OC)cc3)ncn2)CC1. The van der Waals surface area contributed by atoms with Crippen molar-refractivity contribution in [3.05, 3.63) is 60.9 Å². The van der Waals surface area contributed by atoms with Crippen LogP contribution in [0.4, 0.5) is 11.5 Å². The van der Waals surface area contributed by atoms with E-state index in [0.29, 0.717) is 12.4 Å². The second-order valence-electron chi connectivity index (χ2n) is 7.67. The maximum absolute atomic E-state index is 12.8. The zero-order valence-corrected chi connectivity index (χ0v) is 18.5. The van der Waals surface area contributed by atoms with E-state index in [1.807, 2.05) is 61.5 Å². The van der Waals surface area contributed by atoms with Gasteiger partial charge in [-0.05, 0) is 56.2 Å². The van der Waals surface area contributed by atoms with E-state index in [1.54, 1.807) is 13.4 Å². The first-order valence-corrected chi connectivity index (χ1v) is 10.9. The number of hydrogen-bond donors (Lipinski definition) is 1. The van der Waals surface area contributed by atoms with Crippen molar-refractivity contribution in [3.8, 4) is 22.8 Å². The highest BCUT2D eigenvalue weighted by molar-refractivity contribution is 5.94. The van der Waals surface area contributed by atoms with Crippen LogP contribution in [0.3, 0.4) is 0 Å². The molecule has 1 saturated heterocycles. The molecule has 166 valence electrons. The number of carbonyl (C=O) groups is 1. The van der Waals surface area contributed by atoms with E-state index in [0.717, 1.165) is 54.4 Å². The maximum Gasteiger partial charge on any atom is 0.227 e. The summed E-state index contributed by atoms with van der Waals surface area (Å²) >= 11 is 0. The fourth-order valence-electron chi connectivity index (χ4n) is 3.90. The first-order chi connectivity index (χ1) is 15.7. The number of methoxy groups -OCH3 is 1. The molecule has 1 aliphatic rings. The molecule has 1 amide bonds. The molecule has 1 aromatic heterocycles. The summed E-state index contributed by atoms with van der Waals surface area (Å²) in [5.74, 6) is 2.40. The van der Waals surface area contributed by atoms with Gasteiger partial charge in [0.05, 0.1) is 25.1 Å². The van der Waals surface area contributed by atoms with Crippen molar-refractivity contribution in [1.82, 2.24) is 9.97 Å². The Kier molecular flexibility index (Phi) is 6.84. The smallest absolute Gasteiger partial charge is 0.227 e. The number of piperidine rings is 1. The standard InChI is InChI=1S/C25H28N4O3/c1-3-32-23-7-5-4-6-21(23)28-25(30)19-12-14-29(15-13-19)24-16-22(26-17-27-24)18-8-10-20(31-2)11-9-18/h4-11,16-17,19H,3,12-15H2,1-2H3,(H,28,30). The Morgan fingerprint density at radius 1 is 1.09 bits per heavy atom. The van der Waals surface area contributed by atoms with E-state index in [9.17, 15) is 4.79 Å². The molecule has 1 N–H and O–H groups in total. The van der Waals surface area contributed by atoms with Crippen LogP contribution in [0.2, 0.25) is 0 Å². The van der Waals surface area contributed by atoms with Gasteiger partial charge in [0.2, 0.25) is 5.91 Å². The molecule has 0 radical (unpaired) electrons. The summed E-state index contributed by atoms with van der Waals surface area (Å²) < 4.78 is 10.8. The average molecular weight is 433 g/mol. The lowest BCUT2D eigenvalue weighted by Crippen LogP contribution is -2.38. The lowest BCUT2D eigenvalue weighted by Gasteiger charge is -2.32. The van der Waals surface area contributed by atoms with Crippen molar-refractivity contribution in [1.29, 1.82) is 0 Å². The van der Waals surface area contributed by atoms with Crippen molar-refractivity contribution in [3.63, 3.8) is 0 Å². The van der Waals surface area contributed by atoms with Gasteiger partial charge in [-0.15, -0.1) is 0 Å². The van der Waals surface area contributed by atoms with Crippen LogP contribution in [-0.2, 0) is 4.79 Å². The second kappa shape index (κ2) is 10.1. The third kappa shape index (κ3) is 4.99. The maximum atomic E-state index is 12.8. The molecule has 0 aliphatic carbocycles. The second-order valence-corrected chi connectivity index (χ2v) is 7.67. The highest BCUT2D eigenvalue weighted by Gasteiger charge is 2.26. The Labute approximate surface area is 188 Å². The van der Waals surface area contributed by atoms with Crippen LogP contribution in [-0.4, -0.2) is 42.7 Å². The van der Waals surface area contributed by atoms with Gasteiger partial charge in [0.25, 0.3) is 0 Å². The quantitative estimate of drug-likeness (QED) is 0.596. The molecule has 2 aromatic carbocycles. The Bertz CT molecular complexity index is 1050. The molecule has 7 heteroatoms. The van der Waals surface area contributed by atoms with Crippen LogP contribution in [0.15, 0.2) is 60.9 Å². The van der Waals surface area contributed by atoms with Gasteiger partial charge < -0.3 is 19.7 Å². The van der Waals surface area contributed by atoms with Crippen LogP contribution in [0, 0.1) is 5.92 Å². The van der Waals surface area contributed by atoms with Crippen LogP contribution < -0.4 is 19.7 Å². The van der Waals surface area contributed by atoms with Gasteiger partial charge in [0.15, 0.2) is 0 Å². The average Bonchev–Trinajstić information content (AvgIpc) is 2.85. The van der Waals surface area contributed by atoms with E-state index in [4.69, 9.17) is 9.47 Å². The van der Waals surface area contributed by atoms with Gasteiger partial charge in [-0.3, -0.25) is 4.79 Å². The molecule has 0 spiro atoms. The van der Waals surface area contributed by atoms with Gasteiger partial charge in [-0.1, -0.05) is 12.1 Å². The van der Waals surface area contributed by atoms with Crippen molar-refractivity contribution in [2.75, 3.05) is 37.0 Å². The third-order valence-electron chi connectivity index (χ3n) is 5.67. The molecule has 1 fully saturated rings. The van der Waals surface area contributed by atoms with Crippen molar-refractivity contribution >= 4 is 17.4 Å². The highest BCUT2D eigenvalue weighted by Crippen LogP contribution is 2.28. The van der Waals surface area contributed by atoms with Crippen molar-refractivity contribution in [2.45, 2.75) is 19.8 Å². The summed E-state index contributed by atoms with van der Waals surface area (Å²) in [4.78, 5) is 23.9. The van der Waals surface area contributed by atoms with E-state index in [1.165, 1.54) is 0 Å². The number of para-hydroxylation sites is 2. The number of amides is 1. The van der Waals surface area contributed by atoms with E-state index in [2.05, 4.69) is 20.2 Å². The summed E-state index contributed by atoms with van der Waals surface area (Å²) in [6.45, 7) is 4.03. The fraction of sp³-hybridized carbons (Fsp3) is 0.320. The van der Waals surface area contributed by atoms with Gasteiger partial charge in [0, 0.05) is 30.6 Å². The first-order valence-electron chi connectivity index (χ1n) is 10.9. The Morgan fingerprint density at radius 3 is 2.56 bits per heavy atom. The molecule has 0 saturated carbocycles. The van der Waals surface area contributed by atoms with E-state index in [-0.39, 0.29) is 11.8 Å². The molecule has 7 nitrogen and oxygen atoms in total. The number of carbonyl (C=O) groups excluding carboxylic acids is 1. The molecule has 32 heavy (non-hydrogen) atoms. The van der Waals surface area contributed by atoms with Crippen LogP contribution in [0.25, 0.3) is 11.3 Å². The summed E-state index contributed by atoms with van der Waals surface area (Å²) in [5.41, 5.74) is 2.60. The van der Waals surface area contributed by atoms with Gasteiger partial charge in [-0.2, -0.15) is 0 Å². The highest BCUT2D eigenvalue weighted by atomic mass is 16.5. The zero-order valence-electron chi connectivity index (χ0n) is 18.5. The minimum Gasteiger partial charge on any atom is -0.497 e. The molecule has 4 rings (SSSR count). The number of ether oxygens (including phenoxy) is 2. The third-order valence-corrected chi connectivity index (χ3v) is 5.67. The molecule has 1 aliphatic heterocycles. The van der Waals surface area contributed by atoms with Gasteiger partial charge in [-0.25, -0.2) is 9.97 Å². The van der Waals surface area contributed by atoms with Crippen LogP contribution >= 0.6 is 0 Å². The van der Waals surface area contributed by atoms with Crippen LogP contribution in [0.1, 0.15) is 19.8 Å². The van der Waals surface area contributed by atoms with E-state index < -0.39 is 0 Å². The largest absolute Gasteiger partial charge is 0.497 e. The molecular weight excluding hydrogens is 404 g/mol. The number of aromatic nitrogens is 2. The molecule has 3 aromatic rings. The number of nitrogens with one attached hydrogen (secondary N) is 1. The number of anilines is 2. The summed E-state index contributed by atoms with van der Waals surface area (Å²) in [5, 5.41) is 3.04. The Morgan fingerprint density at radius 2 is 1.84 bits per heavy atom. The fourth-order valence-corrected chi connectivity index (χ4v) is 3.90. The Hall–Kier alpha value is -3.61. The Balaban J connectivity index is 1.38. The lowest BCUT2D eigenvalue weighted by molar-refractivity contribution is -0.120. The van der Waals surface area contributed by atoms with E-state index >= 15 is 0 Å². The molecule has 0 unspecified atom stereocenters. The predicted octanol–water partition coefficient (Wildman–Crippen LogP) is 4.41. The van der Waals surface area contributed by atoms with Crippen LogP contribution in [0.5, 0.6) is 11.5 Å². The predicted molar refractivity (Wildman–Crippen MR) is 125 cm³/mol. The lowest BCUT2D eigenvalue weighted by atomic mass is 9.95. The molecule has 2 heterocycles. The van der Waals surface area contributed by atoms with Crippen molar-refractivity contribution < 1.29 is 14.3 Å².